The zero-order valence-corrected chi connectivity index (χ0v) is 11.1. The summed E-state index contributed by atoms with van der Waals surface area (Å²) in [5, 5.41) is 8.94. The molecule has 20 heavy (non-hydrogen) atoms. The molecule has 1 heterocycles. The second kappa shape index (κ2) is 5.36. The summed E-state index contributed by atoms with van der Waals surface area (Å²) in [4.78, 5) is 23.6. The van der Waals surface area contributed by atoms with Crippen molar-refractivity contribution in [2.24, 2.45) is 5.92 Å². The molecule has 0 spiro atoms. The van der Waals surface area contributed by atoms with Gasteiger partial charge < -0.3 is 10.0 Å². The number of hydrogen-bond acceptors (Lipinski definition) is 2. The highest BCUT2D eigenvalue weighted by molar-refractivity contribution is 6.30. The highest BCUT2D eigenvalue weighted by atomic mass is 35.5. The van der Waals surface area contributed by atoms with Gasteiger partial charge in [-0.2, -0.15) is 8.78 Å². The average Bonchev–Trinajstić information content (AvgIpc) is 2.87. The van der Waals surface area contributed by atoms with E-state index in [1.54, 1.807) is 0 Å². The second-order valence-electron chi connectivity index (χ2n) is 4.66. The molecule has 2 rings (SSSR count). The first kappa shape index (κ1) is 14.7. The Morgan fingerprint density at radius 1 is 1.40 bits per heavy atom. The molecule has 1 fully saturated rings. The number of aliphatic carboxylic acids is 1. The lowest BCUT2D eigenvalue weighted by Crippen LogP contribution is -2.41. The van der Waals surface area contributed by atoms with Crippen LogP contribution in [0.2, 0.25) is 5.02 Å². The van der Waals surface area contributed by atoms with Crippen molar-refractivity contribution in [3.8, 4) is 0 Å². The maximum absolute atomic E-state index is 14.1. The average molecular weight is 304 g/mol. The van der Waals surface area contributed by atoms with Crippen molar-refractivity contribution >= 4 is 23.5 Å². The largest absolute Gasteiger partial charge is 0.481 e. The van der Waals surface area contributed by atoms with Crippen LogP contribution in [0.3, 0.4) is 0 Å². The summed E-state index contributed by atoms with van der Waals surface area (Å²) in [6.07, 6.45) is 0.187. The third-order valence-electron chi connectivity index (χ3n) is 3.28. The van der Waals surface area contributed by atoms with Gasteiger partial charge in [-0.15, -0.1) is 0 Å². The minimum atomic E-state index is -3.71. The zero-order chi connectivity index (χ0) is 14.9. The molecule has 1 N–H and O–H groups in total. The third kappa shape index (κ3) is 2.75. The third-order valence-corrected chi connectivity index (χ3v) is 3.52. The van der Waals surface area contributed by atoms with Gasteiger partial charge in [-0.3, -0.25) is 9.59 Å². The molecule has 1 aromatic carbocycles. The van der Waals surface area contributed by atoms with Crippen LogP contribution in [0, 0.1) is 5.92 Å². The lowest BCUT2D eigenvalue weighted by atomic mass is 10.1. The number of nitrogens with zero attached hydrogens (tertiary/aromatic N) is 1. The molecule has 1 saturated heterocycles. The molecule has 108 valence electrons. The number of carboxylic acid groups (broad SMARTS) is 1. The Morgan fingerprint density at radius 2 is 2.10 bits per heavy atom. The quantitative estimate of drug-likeness (QED) is 0.932. The maximum Gasteiger partial charge on any atom is 0.350 e. The Morgan fingerprint density at radius 3 is 2.65 bits per heavy atom. The first-order chi connectivity index (χ1) is 9.32. The van der Waals surface area contributed by atoms with Crippen LogP contribution in [0.1, 0.15) is 12.0 Å². The number of benzene rings is 1. The topological polar surface area (TPSA) is 57.6 Å². The number of halogens is 3. The Bertz CT molecular complexity index is 550. The molecule has 1 aliphatic heterocycles. The molecule has 0 aromatic heterocycles. The van der Waals surface area contributed by atoms with Crippen molar-refractivity contribution in [2.45, 2.75) is 12.3 Å². The minimum absolute atomic E-state index is 0.0198. The molecule has 1 amide bonds. The minimum Gasteiger partial charge on any atom is -0.481 e. The first-order valence-electron chi connectivity index (χ1n) is 5.98. The number of alkyl halides is 2. The first-order valence-corrected chi connectivity index (χ1v) is 6.36. The summed E-state index contributed by atoms with van der Waals surface area (Å²) >= 11 is 5.64. The monoisotopic (exact) mass is 303 g/mol. The summed E-state index contributed by atoms with van der Waals surface area (Å²) in [5.74, 6) is -6.96. The zero-order valence-electron chi connectivity index (χ0n) is 10.4. The fourth-order valence-corrected chi connectivity index (χ4v) is 2.34. The highest BCUT2D eigenvalue weighted by Gasteiger charge is 2.46. The van der Waals surface area contributed by atoms with Crippen LogP contribution in [-0.4, -0.2) is 35.0 Å². The van der Waals surface area contributed by atoms with Gasteiger partial charge in [0.05, 0.1) is 5.92 Å². The summed E-state index contributed by atoms with van der Waals surface area (Å²) in [6.45, 7) is -0.170. The predicted molar refractivity (Wildman–Crippen MR) is 67.7 cm³/mol. The van der Waals surface area contributed by atoms with Gasteiger partial charge >= 0.3 is 11.9 Å². The number of rotatable bonds is 3. The molecule has 1 unspecified atom stereocenters. The van der Waals surface area contributed by atoms with Gasteiger partial charge in [-0.05, 0) is 18.6 Å². The molecule has 1 aliphatic rings. The molecule has 0 aliphatic carbocycles. The number of carbonyl (C=O) groups is 2. The van der Waals surface area contributed by atoms with E-state index in [1.165, 1.54) is 12.1 Å². The summed E-state index contributed by atoms with van der Waals surface area (Å²) < 4.78 is 28.2. The van der Waals surface area contributed by atoms with E-state index in [-0.39, 0.29) is 24.5 Å². The van der Waals surface area contributed by atoms with Gasteiger partial charge in [0.25, 0.3) is 5.91 Å². The molecule has 0 bridgehead atoms. The maximum atomic E-state index is 14.1. The predicted octanol–water partition coefficient (Wildman–Crippen LogP) is 2.36. The van der Waals surface area contributed by atoms with Crippen molar-refractivity contribution in [3.05, 3.63) is 34.9 Å². The highest BCUT2D eigenvalue weighted by Crippen LogP contribution is 2.33. The van der Waals surface area contributed by atoms with Gasteiger partial charge in [0.1, 0.15) is 0 Å². The van der Waals surface area contributed by atoms with Crippen molar-refractivity contribution in [2.75, 3.05) is 13.1 Å². The molecule has 1 aromatic rings. The molecule has 0 saturated carbocycles. The summed E-state index contributed by atoms with van der Waals surface area (Å²) in [5.41, 5.74) is -0.492. The molecule has 7 heteroatoms. The smallest absolute Gasteiger partial charge is 0.350 e. The SMILES string of the molecule is O=C(O)C1CCN(C(=O)C(F)(F)c2cccc(Cl)c2)C1. The van der Waals surface area contributed by atoms with Crippen molar-refractivity contribution in [3.63, 3.8) is 0 Å². The van der Waals surface area contributed by atoms with Crippen LogP contribution < -0.4 is 0 Å². The van der Waals surface area contributed by atoms with Crippen molar-refractivity contribution < 1.29 is 23.5 Å². The lowest BCUT2D eigenvalue weighted by Gasteiger charge is -2.23. The Balaban J connectivity index is 2.18. The summed E-state index contributed by atoms with van der Waals surface area (Å²) in [6, 6.07) is 4.92. The Labute approximate surface area is 118 Å². The molecule has 0 radical (unpaired) electrons. The number of carbonyl (C=O) groups excluding carboxylic acids is 1. The van der Waals surface area contributed by atoms with E-state index in [0.29, 0.717) is 0 Å². The van der Waals surface area contributed by atoms with Crippen LogP contribution in [0.4, 0.5) is 8.78 Å². The normalized spacial score (nSPS) is 19.1. The fraction of sp³-hybridized carbons (Fsp3) is 0.385. The van der Waals surface area contributed by atoms with E-state index < -0.39 is 29.3 Å². The fourth-order valence-electron chi connectivity index (χ4n) is 2.15. The molecule has 1 atom stereocenters. The van der Waals surface area contributed by atoms with E-state index in [4.69, 9.17) is 16.7 Å². The van der Waals surface area contributed by atoms with E-state index in [0.717, 1.165) is 17.0 Å². The van der Waals surface area contributed by atoms with Gasteiger partial charge in [0.15, 0.2) is 0 Å². The number of likely N-dealkylation sites (tertiary alicyclic amines) is 1. The van der Waals surface area contributed by atoms with E-state index in [1.807, 2.05) is 0 Å². The summed E-state index contributed by atoms with van der Waals surface area (Å²) in [7, 11) is 0. The number of hydrogen-bond donors (Lipinski definition) is 1. The standard InChI is InChI=1S/C13H12ClF2NO3/c14-10-3-1-2-9(6-10)13(15,16)12(20)17-5-4-8(7-17)11(18)19/h1-3,6,8H,4-5,7H2,(H,18,19). The van der Waals surface area contributed by atoms with Crippen molar-refractivity contribution in [1.82, 2.24) is 4.90 Å². The Kier molecular flexibility index (Phi) is 3.94. The van der Waals surface area contributed by atoms with Gasteiger partial charge in [-0.1, -0.05) is 23.7 Å². The Hall–Kier alpha value is -1.69. The van der Waals surface area contributed by atoms with Gasteiger partial charge in [-0.25, -0.2) is 0 Å². The van der Waals surface area contributed by atoms with Crippen molar-refractivity contribution in [1.29, 1.82) is 0 Å². The second-order valence-corrected chi connectivity index (χ2v) is 5.10. The van der Waals surface area contributed by atoms with Gasteiger partial charge in [0.2, 0.25) is 0 Å². The number of amides is 1. The van der Waals surface area contributed by atoms with E-state index in [9.17, 15) is 18.4 Å². The van der Waals surface area contributed by atoms with Crippen LogP contribution in [-0.2, 0) is 15.5 Å². The van der Waals surface area contributed by atoms with Crippen LogP contribution in [0.15, 0.2) is 24.3 Å². The molecule has 4 nitrogen and oxygen atoms in total. The van der Waals surface area contributed by atoms with E-state index >= 15 is 0 Å². The lowest BCUT2D eigenvalue weighted by molar-refractivity contribution is -0.158. The van der Waals surface area contributed by atoms with Crippen LogP contribution in [0.5, 0.6) is 0 Å². The molecular formula is C13H12ClF2NO3. The van der Waals surface area contributed by atoms with Crippen LogP contribution in [0.25, 0.3) is 0 Å². The van der Waals surface area contributed by atoms with E-state index in [2.05, 4.69) is 0 Å². The molecular weight excluding hydrogens is 292 g/mol. The van der Waals surface area contributed by atoms with Crippen LogP contribution >= 0.6 is 11.6 Å². The van der Waals surface area contributed by atoms with Gasteiger partial charge in [0, 0.05) is 23.7 Å². The number of carboxylic acids is 1.